The Morgan fingerprint density at radius 2 is 1.76 bits per heavy atom. The minimum absolute atomic E-state index is 0.133. The van der Waals surface area contributed by atoms with E-state index in [1.54, 1.807) is 64.4 Å². The predicted molar refractivity (Wildman–Crippen MR) is 94.5 cm³/mol. The molecular weight excluding hydrogens is 318 g/mol. The van der Waals surface area contributed by atoms with E-state index in [-0.39, 0.29) is 5.84 Å². The van der Waals surface area contributed by atoms with Gasteiger partial charge in [-0.15, -0.1) is 4.74 Å². The largest absolute Gasteiger partial charge is 0.618 e. The second-order valence-corrected chi connectivity index (χ2v) is 7.20. The van der Waals surface area contributed by atoms with Crippen molar-refractivity contribution in [2.24, 2.45) is 0 Å². The van der Waals surface area contributed by atoms with Crippen LogP contribution in [0.25, 0.3) is 0 Å². The van der Waals surface area contributed by atoms with Crippen molar-refractivity contribution in [2.45, 2.75) is 45.4 Å². The molecule has 1 aromatic carbocycles. The maximum Gasteiger partial charge on any atom is 0.504 e. The summed E-state index contributed by atoms with van der Waals surface area (Å²) in [5.41, 5.74) is -0.0897. The van der Waals surface area contributed by atoms with Gasteiger partial charge in [0.2, 0.25) is 5.54 Å². The Morgan fingerprint density at radius 3 is 2.28 bits per heavy atom. The van der Waals surface area contributed by atoms with Crippen LogP contribution in [0, 0.1) is 10.1 Å². The van der Waals surface area contributed by atoms with Crippen LogP contribution < -0.4 is 4.74 Å². The van der Waals surface area contributed by atoms with Crippen molar-refractivity contribution in [1.29, 1.82) is 0 Å². The molecule has 0 atom stereocenters. The van der Waals surface area contributed by atoms with E-state index in [0.717, 1.165) is 15.1 Å². The van der Waals surface area contributed by atoms with E-state index in [1.165, 1.54) is 0 Å². The van der Waals surface area contributed by atoms with Gasteiger partial charge < -0.3 is 9.94 Å². The van der Waals surface area contributed by atoms with Gasteiger partial charge in [-0.05, 0) is 30.3 Å². The Labute approximate surface area is 146 Å². The third-order valence-corrected chi connectivity index (χ3v) is 5.14. The molecule has 2 heterocycles. The molecule has 0 aliphatic carbocycles. The lowest BCUT2D eigenvalue weighted by Gasteiger charge is -2.22. The average Bonchev–Trinajstić information content (AvgIpc) is 2.72. The zero-order chi connectivity index (χ0) is 18.2. The lowest BCUT2D eigenvalue weighted by molar-refractivity contribution is -0.555. The molecule has 0 radical (unpaired) electrons. The van der Waals surface area contributed by atoms with Crippen LogP contribution in [0.2, 0.25) is 0 Å². The normalized spacial score (nSPS) is 18.5. The highest BCUT2D eigenvalue weighted by Crippen LogP contribution is 2.35. The van der Waals surface area contributed by atoms with Crippen LogP contribution in [0.5, 0.6) is 5.75 Å². The molecule has 1 aromatic heterocycles. The zero-order valence-electron chi connectivity index (χ0n) is 14.9. The molecule has 0 unspecified atom stereocenters. The van der Waals surface area contributed by atoms with Gasteiger partial charge in [0.25, 0.3) is 5.54 Å². The molecular formula is C19H22N3O3+. The van der Waals surface area contributed by atoms with Crippen LogP contribution in [-0.4, -0.2) is 31.4 Å². The number of ether oxygens (including phenoxy) is 1. The number of aromatic nitrogens is 1. The molecule has 3 rings (SSSR count). The van der Waals surface area contributed by atoms with Crippen LogP contribution in [0.15, 0.2) is 48.8 Å². The number of benzene rings is 1. The molecule has 6 heteroatoms. The first kappa shape index (κ1) is 17.1. The molecule has 2 aromatic rings. The van der Waals surface area contributed by atoms with Crippen LogP contribution >= 0.6 is 0 Å². The Hall–Kier alpha value is -2.76. The van der Waals surface area contributed by atoms with Crippen LogP contribution in [0.1, 0.15) is 38.8 Å². The van der Waals surface area contributed by atoms with Gasteiger partial charge in [-0.25, -0.2) is 0 Å². The maximum atomic E-state index is 12.6. The summed E-state index contributed by atoms with van der Waals surface area (Å²) in [6.07, 6.45) is 3.46. The van der Waals surface area contributed by atoms with E-state index in [9.17, 15) is 10.1 Å². The first-order chi connectivity index (χ1) is 11.7. The summed E-state index contributed by atoms with van der Waals surface area (Å²) in [7, 11) is 0. The highest BCUT2D eigenvalue weighted by molar-refractivity contribution is 5.89. The van der Waals surface area contributed by atoms with E-state index in [1.807, 2.05) is 12.1 Å². The van der Waals surface area contributed by atoms with Crippen molar-refractivity contribution in [3.8, 4) is 5.75 Å². The summed E-state index contributed by atoms with van der Waals surface area (Å²) in [5.74, 6) is 0.799. The SMILES string of the molecule is CC1(C)[N+](=O)C(c2ccc(OCc3cccnc3)cc2)=[N+]([O-])C1(C)C. The number of pyridine rings is 1. The molecule has 1 aliphatic heterocycles. The van der Waals surface area contributed by atoms with Gasteiger partial charge in [0.1, 0.15) is 22.7 Å². The summed E-state index contributed by atoms with van der Waals surface area (Å²) >= 11 is 0. The lowest BCUT2D eigenvalue weighted by atomic mass is 9.84. The van der Waals surface area contributed by atoms with Crippen LogP contribution in [-0.2, 0) is 6.61 Å². The monoisotopic (exact) mass is 340 g/mol. The molecule has 0 fully saturated rings. The molecule has 0 amide bonds. The van der Waals surface area contributed by atoms with Gasteiger partial charge in [0.15, 0.2) is 0 Å². The van der Waals surface area contributed by atoms with Crippen molar-refractivity contribution in [1.82, 2.24) is 4.98 Å². The van der Waals surface area contributed by atoms with Crippen LogP contribution in [0.4, 0.5) is 0 Å². The second kappa shape index (κ2) is 5.95. The molecule has 1 aliphatic rings. The number of rotatable bonds is 4. The smallest absolute Gasteiger partial charge is 0.504 e. The molecule has 6 nitrogen and oxygen atoms in total. The second-order valence-electron chi connectivity index (χ2n) is 7.20. The topological polar surface area (TPSA) is 68.3 Å². The standard InChI is InChI=1S/C19H22N3O3/c1-18(2)19(3,4)22(24)17(21(18)23)15-7-9-16(10-8-15)25-13-14-6-5-11-20-12-14/h5-12H,13H2,1-4H3/q+1. The van der Waals surface area contributed by atoms with Gasteiger partial charge in [-0.3, -0.25) is 4.98 Å². The Kier molecular flexibility index (Phi) is 4.06. The fourth-order valence-electron chi connectivity index (χ4n) is 2.69. The van der Waals surface area contributed by atoms with E-state index < -0.39 is 11.1 Å². The Balaban J connectivity index is 1.81. The van der Waals surface area contributed by atoms with Crippen molar-refractivity contribution < 1.29 is 14.2 Å². The number of hydroxylamine groups is 1. The van der Waals surface area contributed by atoms with E-state index in [4.69, 9.17) is 4.74 Å². The quantitative estimate of drug-likeness (QED) is 0.633. The predicted octanol–water partition coefficient (Wildman–Crippen LogP) is 3.27. The van der Waals surface area contributed by atoms with E-state index in [2.05, 4.69) is 4.98 Å². The Morgan fingerprint density at radius 1 is 1.08 bits per heavy atom. The summed E-state index contributed by atoms with van der Waals surface area (Å²) < 4.78 is 7.33. The first-order valence-electron chi connectivity index (χ1n) is 8.19. The molecule has 0 spiro atoms. The van der Waals surface area contributed by atoms with Gasteiger partial charge in [0.05, 0.1) is 0 Å². The number of nitroso groups, excluding NO2 is 1. The molecule has 0 saturated carbocycles. The minimum atomic E-state index is -0.820. The maximum absolute atomic E-state index is 12.6. The van der Waals surface area contributed by atoms with E-state index >= 15 is 0 Å². The van der Waals surface area contributed by atoms with E-state index in [0.29, 0.717) is 17.9 Å². The summed E-state index contributed by atoms with van der Waals surface area (Å²) in [6, 6.07) is 10.8. The molecule has 0 N–H and O–H groups in total. The van der Waals surface area contributed by atoms with Crippen molar-refractivity contribution in [3.05, 3.63) is 70.0 Å². The van der Waals surface area contributed by atoms with Crippen molar-refractivity contribution in [2.75, 3.05) is 0 Å². The fraction of sp³-hybridized carbons (Fsp3) is 0.368. The van der Waals surface area contributed by atoms with Crippen molar-refractivity contribution in [3.63, 3.8) is 0 Å². The average molecular weight is 340 g/mol. The molecule has 130 valence electrons. The number of amidine groups is 1. The highest BCUT2D eigenvalue weighted by atomic mass is 16.5. The third-order valence-electron chi connectivity index (χ3n) is 5.14. The minimum Gasteiger partial charge on any atom is -0.618 e. The van der Waals surface area contributed by atoms with Gasteiger partial charge >= 0.3 is 5.84 Å². The summed E-state index contributed by atoms with van der Waals surface area (Å²) in [5, 5.41) is 12.6. The zero-order valence-corrected chi connectivity index (χ0v) is 14.9. The number of hydrogen-bond acceptors (Lipinski definition) is 4. The van der Waals surface area contributed by atoms with Crippen molar-refractivity contribution >= 4 is 5.84 Å². The first-order valence-corrected chi connectivity index (χ1v) is 8.19. The summed E-state index contributed by atoms with van der Waals surface area (Å²) in [6.45, 7) is 7.53. The fourth-order valence-corrected chi connectivity index (χ4v) is 2.69. The lowest BCUT2D eigenvalue weighted by Crippen LogP contribution is -2.50. The molecule has 0 saturated heterocycles. The van der Waals surface area contributed by atoms with Crippen LogP contribution in [0.3, 0.4) is 0 Å². The van der Waals surface area contributed by atoms with Gasteiger partial charge in [-0.1, -0.05) is 6.07 Å². The number of nitrogens with zero attached hydrogens (tertiary/aromatic N) is 3. The highest BCUT2D eigenvalue weighted by Gasteiger charge is 2.68. The summed E-state index contributed by atoms with van der Waals surface area (Å²) in [4.78, 5) is 16.7. The molecule has 25 heavy (non-hydrogen) atoms. The van der Waals surface area contributed by atoms with Gasteiger partial charge in [0, 0.05) is 50.6 Å². The third kappa shape index (κ3) is 2.77. The molecule has 0 bridgehead atoms. The Bertz CT molecular complexity index is 825. The number of hydrogen-bond donors (Lipinski definition) is 0. The van der Waals surface area contributed by atoms with Gasteiger partial charge in [-0.2, -0.15) is 0 Å².